The minimum absolute atomic E-state index is 0.112. The molecule has 1 saturated heterocycles. The Bertz CT molecular complexity index is 399. The number of aromatic nitrogens is 1. The van der Waals surface area contributed by atoms with E-state index in [0.717, 1.165) is 44.8 Å². The summed E-state index contributed by atoms with van der Waals surface area (Å²) >= 11 is 0. The van der Waals surface area contributed by atoms with E-state index in [0.29, 0.717) is 6.04 Å². The highest BCUT2D eigenvalue weighted by atomic mass is 19.1. The van der Waals surface area contributed by atoms with Crippen molar-refractivity contribution >= 4 is 0 Å². The summed E-state index contributed by atoms with van der Waals surface area (Å²) in [5.74, 6) is -0.314. The summed E-state index contributed by atoms with van der Waals surface area (Å²) in [6.07, 6.45) is 2.09. The lowest BCUT2D eigenvalue weighted by Gasteiger charge is -2.37. The lowest BCUT2D eigenvalue weighted by Crippen LogP contribution is -2.49. The van der Waals surface area contributed by atoms with Crippen LogP contribution < -0.4 is 5.73 Å². The normalized spacial score (nSPS) is 19.4. The number of piperazine rings is 1. The van der Waals surface area contributed by atoms with E-state index in [4.69, 9.17) is 5.73 Å². The molecule has 0 radical (unpaired) electrons. The van der Waals surface area contributed by atoms with Gasteiger partial charge in [0.15, 0.2) is 0 Å². The molecule has 0 aromatic carbocycles. The molecule has 4 nitrogen and oxygen atoms in total. The number of hydrogen-bond donors (Lipinski definition) is 1. The molecule has 1 aromatic rings. The van der Waals surface area contributed by atoms with E-state index >= 15 is 0 Å². The third-order valence-corrected chi connectivity index (χ3v) is 4.02. The van der Waals surface area contributed by atoms with Crippen LogP contribution in [-0.2, 0) is 0 Å². The summed E-state index contributed by atoms with van der Waals surface area (Å²) in [5.41, 5.74) is 6.89. The van der Waals surface area contributed by atoms with Crippen LogP contribution in [0.25, 0.3) is 0 Å². The van der Waals surface area contributed by atoms with Gasteiger partial charge in [-0.3, -0.25) is 9.88 Å². The van der Waals surface area contributed by atoms with Crippen molar-refractivity contribution in [2.24, 2.45) is 5.73 Å². The zero-order valence-corrected chi connectivity index (χ0v) is 12.4. The zero-order chi connectivity index (χ0) is 14.5. The fraction of sp³-hybridized carbons (Fsp3) is 0.667. The molecule has 1 aliphatic rings. The molecule has 1 fully saturated rings. The summed E-state index contributed by atoms with van der Waals surface area (Å²) in [5, 5.41) is 0. The number of halogens is 1. The molecule has 0 spiro atoms. The highest BCUT2D eigenvalue weighted by Gasteiger charge is 2.19. The van der Waals surface area contributed by atoms with Gasteiger partial charge in [0.25, 0.3) is 0 Å². The number of nitrogens with zero attached hydrogens (tertiary/aromatic N) is 3. The van der Waals surface area contributed by atoms with Crippen LogP contribution in [0.1, 0.15) is 32.0 Å². The summed E-state index contributed by atoms with van der Waals surface area (Å²) in [6, 6.07) is 3.61. The number of hydrogen-bond acceptors (Lipinski definition) is 4. The van der Waals surface area contributed by atoms with Crippen molar-refractivity contribution in [2.45, 2.75) is 32.4 Å². The van der Waals surface area contributed by atoms with Gasteiger partial charge in [-0.1, -0.05) is 0 Å². The van der Waals surface area contributed by atoms with Gasteiger partial charge in [-0.25, -0.2) is 4.39 Å². The van der Waals surface area contributed by atoms with Crippen LogP contribution in [0.5, 0.6) is 0 Å². The quantitative estimate of drug-likeness (QED) is 0.890. The van der Waals surface area contributed by atoms with E-state index in [1.807, 2.05) is 0 Å². The lowest BCUT2D eigenvalue weighted by molar-refractivity contribution is 0.106. The third kappa shape index (κ3) is 4.23. The van der Waals surface area contributed by atoms with Gasteiger partial charge < -0.3 is 10.6 Å². The molecule has 1 unspecified atom stereocenters. The maximum absolute atomic E-state index is 12.8. The van der Waals surface area contributed by atoms with Crippen LogP contribution in [0.4, 0.5) is 4.39 Å². The Kier molecular flexibility index (Phi) is 5.46. The second kappa shape index (κ2) is 7.11. The van der Waals surface area contributed by atoms with Crippen LogP contribution in [-0.4, -0.2) is 53.5 Å². The SMILES string of the molecule is CC(C)N1CCN(CCC(N)c2ccc(F)cn2)CC1. The molecule has 2 rings (SSSR count). The van der Waals surface area contributed by atoms with Crippen molar-refractivity contribution in [3.8, 4) is 0 Å². The predicted molar refractivity (Wildman–Crippen MR) is 78.9 cm³/mol. The van der Waals surface area contributed by atoms with Gasteiger partial charge in [0.05, 0.1) is 11.9 Å². The average Bonchev–Trinajstić information content (AvgIpc) is 2.46. The molecule has 5 heteroatoms. The molecule has 2 N–H and O–H groups in total. The molecule has 1 atom stereocenters. The fourth-order valence-corrected chi connectivity index (χ4v) is 2.58. The minimum atomic E-state index is -0.314. The van der Waals surface area contributed by atoms with Crippen molar-refractivity contribution in [3.05, 3.63) is 29.8 Å². The zero-order valence-electron chi connectivity index (χ0n) is 12.4. The van der Waals surface area contributed by atoms with E-state index in [1.54, 1.807) is 6.07 Å². The van der Waals surface area contributed by atoms with E-state index < -0.39 is 0 Å². The molecule has 0 saturated carbocycles. The molecule has 1 aliphatic heterocycles. The summed E-state index contributed by atoms with van der Waals surface area (Å²) in [4.78, 5) is 9.00. The van der Waals surface area contributed by atoms with Crippen molar-refractivity contribution < 1.29 is 4.39 Å². The third-order valence-electron chi connectivity index (χ3n) is 4.02. The Labute approximate surface area is 120 Å². The Morgan fingerprint density at radius 1 is 1.25 bits per heavy atom. The van der Waals surface area contributed by atoms with Crippen molar-refractivity contribution in [2.75, 3.05) is 32.7 Å². The molecule has 112 valence electrons. The van der Waals surface area contributed by atoms with Crippen LogP contribution >= 0.6 is 0 Å². The van der Waals surface area contributed by atoms with Gasteiger partial charge >= 0.3 is 0 Å². The molecule has 2 heterocycles. The standard InChI is InChI=1S/C15H25FN4/c1-12(2)20-9-7-19(8-10-20)6-5-14(17)15-4-3-13(16)11-18-15/h3-4,11-12,14H,5-10,17H2,1-2H3. The Hall–Kier alpha value is -1.04. The first kappa shape index (κ1) is 15.4. The van der Waals surface area contributed by atoms with Gasteiger partial charge in [-0.2, -0.15) is 0 Å². The van der Waals surface area contributed by atoms with Crippen LogP contribution in [0.15, 0.2) is 18.3 Å². The lowest BCUT2D eigenvalue weighted by atomic mass is 10.1. The molecule has 0 aliphatic carbocycles. The second-order valence-corrected chi connectivity index (χ2v) is 5.77. The van der Waals surface area contributed by atoms with E-state index in [1.165, 1.54) is 12.3 Å². The van der Waals surface area contributed by atoms with E-state index in [2.05, 4.69) is 28.6 Å². The first-order valence-corrected chi connectivity index (χ1v) is 7.39. The van der Waals surface area contributed by atoms with Crippen molar-refractivity contribution in [1.29, 1.82) is 0 Å². The summed E-state index contributed by atoms with van der Waals surface area (Å²) in [6.45, 7) is 9.91. The van der Waals surface area contributed by atoms with Gasteiger partial charge in [0.2, 0.25) is 0 Å². The molecular formula is C15H25FN4. The Morgan fingerprint density at radius 2 is 1.95 bits per heavy atom. The first-order chi connectivity index (χ1) is 9.56. The summed E-state index contributed by atoms with van der Waals surface area (Å²) in [7, 11) is 0. The van der Waals surface area contributed by atoms with Gasteiger partial charge in [0, 0.05) is 44.8 Å². The summed E-state index contributed by atoms with van der Waals surface area (Å²) < 4.78 is 12.8. The maximum Gasteiger partial charge on any atom is 0.141 e. The fourth-order valence-electron chi connectivity index (χ4n) is 2.58. The molecule has 20 heavy (non-hydrogen) atoms. The smallest absolute Gasteiger partial charge is 0.141 e. The largest absolute Gasteiger partial charge is 0.323 e. The molecule has 0 bridgehead atoms. The predicted octanol–water partition coefficient (Wildman–Crippen LogP) is 1.64. The number of pyridine rings is 1. The molecular weight excluding hydrogens is 255 g/mol. The number of nitrogens with two attached hydrogens (primary N) is 1. The van der Waals surface area contributed by atoms with Crippen LogP contribution in [0, 0.1) is 5.82 Å². The highest BCUT2D eigenvalue weighted by molar-refractivity contribution is 5.09. The first-order valence-electron chi connectivity index (χ1n) is 7.39. The molecule has 0 amide bonds. The van der Waals surface area contributed by atoms with Crippen molar-refractivity contribution in [3.63, 3.8) is 0 Å². The van der Waals surface area contributed by atoms with Gasteiger partial charge in [-0.15, -0.1) is 0 Å². The monoisotopic (exact) mass is 280 g/mol. The number of rotatable bonds is 5. The van der Waals surface area contributed by atoms with E-state index in [9.17, 15) is 4.39 Å². The Morgan fingerprint density at radius 3 is 2.50 bits per heavy atom. The van der Waals surface area contributed by atoms with Gasteiger partial charge in [0.1, 0.15) is 5.82 Å². The van der Waals surface area contributed by atoms with Crippen molar-refractivity contribution in [1.82, 2.24) is 14.8 Å². The van der Waals surface area contributed by atoms with E-state index in [-0.39, 0.29) is 11.9 Å². The van der Waals surface area contributed by atoms with Gasteiger partial charge in [-0.05, 0) is 32.4 Å². The second-order valence-electron chi connectivity index (χ2n) is 5.77. The average molecular weight is 280 g/mol. The maximum atomic E-state index is 12.8. The highest BCUT2D eigenvalue weighted by Crippen LogP contribution is 2.13. The minimum Gasteiger partial charge on any atom is -0.323 e. The topological polar surface area (TPSA) is 45.4 Å². The van der Waals surface area contributed by atoms with Crippen LogP contribution in [0.3, 0.4) is 0 Å². The van der Waals surface area contributed by atoms with Crippen LogP contribution in [0.2, 0.25) is 0 Å². The molecule has 1 aromatic heterocycles. The Balaban J connectivity index is 1.74.